The molecule has 0 N–H and O–H groups in total. The van der Waals surface area contributed by atoms with E-state index in [9.17, 15) is 4.79 Å². The molecule has 0 heterocycles. The third-order valence-electron chi connectivity index (χ3n) is 2.74. The van der Waals surface area contributed by atoms with E-state index in [0.29, 0.717) is 5.92 Å². The van der Waals surface area contributed by atoms with Gasteiger partial charge in [0.25, 0.3) is 0 Å². The number of carbonyl (C=O) groups excluding carboxylic acids is 1. The molecule has 2 aromatic rings. The van der Waals surface area contributed by atoms with Gasteiger partial charge in [-0.2, -0.15) is 0 Å². The van der Waals surface area contributed by atoms with E-state index < -0.39 is 0 Å². The zero-order valence-electron chi connectivity index (χ0n) is 9.03. The summed E-state index contributed by atoms with van der Waals surface area (Å²) in [5, 5.41) is 2.25. The van der Waals surface area contributed by atoms with Crippen molar-refractivity contribution < 1.29 is 4.79 Å². The Hall–Kier alpha value is -1.63. The summed E-state index contributed by atoms with van der Waals surface area (Å²) >= 11 is 0. The highest BCUT2D eigenvalue weighted by Gasteiger charge is 2.07. The monoisotopic (exact) mass is 198 g/mol. The molecule has 0 aliphatic rings. The molecule has 0 aliphatic heterocycles. The third kappa shape index (κ3) is 1.65. The maximum atomic E-state index is 10.9. The van der Waals surface area contributed by atoms with Gasteiger partial charge in [-0.3, -0.25) is 4.79 Å². The van der Waals surface area contributed by atoms with Crippen LogP contribution in [0.2, 0.25) is 0 Å². The van der Waals surface area contributed by atoms with Crippen LogP contribution in [-0.2, 0) is 0 Å². The van der Waals surface area contributed by atoms with Gasteiger partial charge < -0.3 is 0 Å². The third-order valence-corrected chi connectivity index (χ3v) is 2.74. The van der Waals surface area contributed by atoms with E-state index in [1.54, 1.807) is 0 Å². The average molecular weight is 198 g/mol. The van der Waals surface area contributed by atoms with Crippen LogP contribution >= 0.6 is 0 Å². The van der Waals surface area contributed by atoms with Crippen molar-refractivity contribution in [3.63, 3.8) is 0 Å². The maximum Gasteiger partial charge on any atom is 0.150 e. The lowest BCUT2D eigenvalue weighted by molar-refractivity contribution is 0.112. The minimum Gasteiger partial charge on any atom is -0.298 e. The Morgan fingerprint density at radius 3 is 2.27 bits per heavy atom. The summed E-state index contributed by atoms with van der Waals surface area (Å²) in [6.07, 6.45) is 0.923. The Kier molecular flexibility index (Phi) is 2.55. The van der Waals surface area contributed by atoms with Crippen molar-refractivity contribution >= 4 is 17.1 Å². The summed E-state index contributed by atoms with van der Waals surface area (Å²) < 4.78 is 0. The van der Waals surface area contributed by atoms with Crippen molar-refractivity contribution in [2.75, 3.05) is 0 Å². The normalized spacial score (nSPS) is 10.9. The molecule has 76 valence electrons. The van der Waals surface area contributed by atoms with Crippen molar-refractivity contribution in [2.24, 2.45) is 0 Å². The molecule has 2 rings (SSSR count). The highest BCUT2D eigenvalue weighted by molar-refractivity contribution is 5.99. The van der Waals surface area contributed by atoms with Crippen LogP contribution in [0.25, 0.3) is 10.8 Å². The van der Waals surface area contributed by atoms with Crippen LogP contribution in [0.1, 0.15) is 35.7 Å². The maximum absolute atomic E-state index is 10.9. The predicted molar refractivity (Wildman–Crippen MR) is 63.4 cm³/mol. The summed E-state index contributed by atoms with van der Waals surface area (Å²) in [5.41, 5.74) is 2.08. The van der Waals surface area contributed by atoms with Crippen LogP contribution in [0.3, 0.4) is 0 Å². The van der Waals surface area contributed by atoms with Gasteiger partial charge in [-0.1, -0.05) is 50.2 Å². The molecule has 0 fully saturated rings. The number of aldehydes is 1. The second-order valence-corrected chi connectivity index (χ2v) is 4.06. The van der Waals surface area contributed by atoms with E-state index in [4.69, 9.17) is 0 Å². The Bertz CT molecular complexity index is 498. The number of hydrogen-bond acceptors (Lipinski definition) is 1. The molecule has 0 aromatic heterocycles. The minimum atomic E-state index is 0.482. The molecule has 15 heavy (non-hydrogen) atoms. The van der Waals surface area contributed by atoms with Crippen molar-refractivity contribution in [1.82, 2.24) is 0 Å². The summed E-state index contributed by atoms with van der Waals surface area (Å²) in [6.45, 7) is 4.34. The van der Waals surface area contributed by atoms with Crippen molar-refractivity contribution in [2.45, 2.75) is 19.8 Å². The van der Waals surface area contributed by atoms with Crippen LogP contribution in [-0.4, -0.2) is 6.29 Å². The number of fused-ring (bicyclic) bond motifs is 1. The largest absolute Gasteiger partial charge is 0.298 e. The van der Waals surface area contributed by atoms with Gasteiger partial charge in [0.05, 0.1) is 0 Å². The van der Waals surface area contributed by atoms with Gasteiger partial charge in [0, 0.05) is 5.56 Å². The average Bonchev–Trinajstić information content (AvgIpc) is 2.27. The van der Waals surface area contributed by atoms with Gasteiger partial charge in [0.2, 0.25) is 0 Å². The van der Waals surface area contributed by atoms with Crippen molar-refractivity contribution in [3.05, 3.63) is 47.5 Å². The second-order valence-electron chi connectivity index (χ2n) is 4.06. The molecule has 0 radical (unpaired) electrons. The van der Waals surface area contributed by atoms with E-state index >= 15 is 0 Å². The van der Waals surface area contributed by atoms with E-state index in [1.165, 1.54) is 10.9 Å². The molecule has 0 spiro atoms. The first-order valence-electron chi connectivity index (χ1n) is 5.21. The molecule has 1 heteroatoms. The highest BCUT2D eigenvalue weighted by Crippen LogP contribution is 2.27. The fourth-order valence-electron chi connectivity index (χ4n) is 1.95. The fraction of sp³-hybridized carbons (Fsp3) is 0.214. The number of carbonyl (C=O) groups is 1. The lowest BCUT2D eigenvalue weighted by atomic mass is 9.94. The highest BCUT2D eigenvalue weighted by atomic mass is 16.1. The molecule has 0 unspecified atom stereocenters. The Labute approximate surface area is 89.7 Å². The summed E-state index contributed by atoms with van der Waals surface area (Å²) in [5.74, 6) is 0.482. The van der Waals surface area contributed by atoms with Crippen molar-refractivity contribution in [3.8, 4) is 0 Å². The van der Waals surface area contributed by atoms with Crippen LogP contribution in [0, 0.1) is 0 Å². The molecule has 0 saturated carbocycles. The fourth-order valence-corrected chi connectivity index (χ4v) is 1.95. The topological polar surface area (TPSA) is 17.1 Å². The van der Waals surface area contributed by atoms with Gasteiger partial charge in [-0.05, 0) is 22.3 Å². The Morgan fingerprint density at radius 2 is 1.67 bits per heavy atom. The van der Waals surface area contributed by atoms with Crippen LogP contribution in [0.15, 0.2) is 36.4 Å². The smallest absolute Gasteiger partial charge is 0.150 e. The van der Waals surface area contributed by atoms with E-state index in [1.807, 2.05) is 24.3 Å². The minimum absolute atomic E-state index is 0.482. The van der Waals surface area contributed by atoms with Crippen LogP contribution in [0.5, 0.6) is 0 Å². The summed E-state index contributed by atoms with van der Waals surface area (Å²) in [7, 11) is 0. The lowest BCUT2D eigenvalue weighted by Gasteiger charge is -2.10. The lowest BCUT2D eigenvalue weighted by Crippen LogP contribution is -1.92. The standard InChI is InChI=1S/C14H14O/c1-10(2)12-8-7-11(9-15)13-5-3-4-6-14(12)13/h3-10H,1-2H3. The quantitative estimate of drug-likeness (QED) is 0.671. The summed E-state index contributed by atoms with van der Waals surface area (Å²) in [6, 6.07) is 12.0. The van der Waals surface area contributed by atoms with Crippen LogP contribution in [0.4, 0.5) is 0 Å². The SMILES string of the molecule is CC(C)c1ccc(C=O)c2ccccc12. The number of benzene rings is 2. The number of hydrogen-bond donors (Lipinski definition) is 0. The molecular formula is C14H14O. The molecule has 0 bridgehead atoms. The molecule has 0 amide bonds. The molecular weight excluding hydrogens is 184 g/mol. The zero-order valence-corrected chi connectivity index (χ0v) is 9.03. The van der Waals surface area contributed by atoms with E-state index in [-0.39, 0.29) is 0 Å². The molecule has 1 nitrogen and oxygen atoms in total. The molecule has 0 saturated heterocycles. The Morgan fingerprint density at radius 1 is 1.00 bits per heavy atom. The Balaban J connectivity index is 2.83. The number of rotatable bonds is 2. The van der Waals surface area contributed by atoms with Gasteiger partial charge in [0.15, 0.2) is 6.29 Å². The van der Waals surface area contributed by atoms with Gasteiger partial charge in [-0.15, -0.1) is 0 Å². The summed E-state index contributed by atoms with van der Waals surface area (Å²) in [4.78, 5) is 10.9. The first kappa shape index (κ1) is 9.91. The second kappa shape index (κ2) is 3.85. The van der Waals surface area contributed by atoms with E-state index in [2.05, 4.69) is 26.0 Å². The van der Waals surface area contributed by atoms with Crippen molar-refractivity contribution in [1.29, 1.82) is 0 Å². The van der Waals surface area contributed by atoms with Gasteiger partial charge in [0.1, 0.15) is 0 Å². The van der Waals surface area contributed by atoms with Gasteiger partial charge >= 0.3 is 0 Å². The predicted octanol–water partition coefficient (Wildman–Crippen LogP) is 3.78. The molecule has 0 atom stereocenters. The molecule has 0 aliphatic carbocycles. The molecule has 2 aromatic carbocycles. The first-order chi connectivity index (χ1) is 7.24. The first-order valence-corrected chi connectivity index (χ1v) is 5.21. The van der Waals surface area contributed by atoms with Gasteiger partial charge in [-0.25, -0.2) is 0 Å². The van der Waals surface area contributed by atoms with E-state index in [0.717, 1.165) is 17.2 Å². The zero-order chi connectivity index (χ0) is 10.8. The van der Waals surface area contributed by atoms with Crippen LogP contribution < -0.4 is 0 Å².